The van der Waals surface area contributed by atoms with Crippen molar-refractivity contribution < 1.29 is 22.3 Å². The predicted octanol–water partition coefficient (Wildman–Crippen LogP) is 5.25. The molecule has 0 aromatic carbocycles. The van der Waals surface area contributed by atoms with Crippen LogP contribution in [0.5, 0.6) is 0 Å². The minimum absolute atomic E-state index is 0.00922. The van der Waals surface area contributed by atoms with E-state index in [-0.39, 0.29) is 16.9 Å². The van der Waals surface area contributed by atoms with Gasteiger partial charge < -0.3 is 9.29 Å². The maximum absolute atomic E-state index is 11.1. The Morgan fingerprint density at radius 2 is 1.78 bits per heavy atom. The SMILES string of the molecule is CC[C@H]1CC[C@@H]2[C@@H]3CC[C@@H]4CC(OS(=O)(=O)O)=C(O)C[C@]4(C)[C@@H]3CC[C@]12C. The fourth-order valence-electron chi connectivity index (χ4n) is 7.94. The quantitative estimate of drug-likeness (QED) is 0.634. The first kappa shape index (κ1) is 19.6. The average molecular weight is 399 g/mol. The van der Waals surface area contributed by atoms with E-state index in [1.165, 1.54) is 38.5 Å². The number of aliphatic hydroxyl groups excluding tert-OH is 1. The van der Waals surface area contributed by atoms with E-state index in [4.69, 9.17) is 8.74 Å². The average Bonchev–Trinajstić information content (AvgIpc) is 2.91. The third kappa shape index (κ3) is 3.02. The summed E-state index contributed by atoms with van der Waals surface area (Å²) in [5, 5.41) is 10.5. The van der Waals surface area contributed by atoms with Crippen LogP contribution in [0.2, 0.25) is 0 Å². The Kier molecular flexibility index (Phi) is 4.62. The molecule has 2 N–H and O–H groups in total. The summed E-state index contributed by atoms with van der Waals surface area (Å²) in [5.74, 6) is 3.31. The predicted molar refractivity (Wildman–Crippen MR) is 103 cm³/mol. The number of fused-ring (bicyclic) bond motifs is 5. The zero-order valence-electron chi connectivity index (χ0n) is 16.8. The zero-order chi connectivity index (χ0) is 19.6. The van der Waals surface area contributed by atoms with E-state index in [0.29, 0.717) is 30.1 Å². The molecule has 4 aliphatic rings. The Morgan fingerprint density at radius 1 is 1.07 bits per heavy atom. The number of aliphatic hydroxyl groups is 1. The number of rotatable bonds is 3. The van der Waals surface area contributed by atoms with Crippen LogP contribution < -0.4 is 0 Å². The van der Waals surface area contributed by atoms with Crippen molar-refractivity contribution in [2.45, 2.75) is 78.6 Å². The smallest absolute Gasteiger partial charge is 0.446 e. The van der Waals surface area contributed by atoms with E-state index in [9.17, 15) is 13.5 Å². The fraction of sp³-hybridized carbons (Fsp3) is 0.905. The first-order valence-corrected chi connectivity index (χ1v) is 12.0. The lowest BCUT2D eigenvalue weighted by molar-refractivity contribution is -0.106. The standard InChI is InChI=1S/C21H34O5S/c1-4-13-6-8-16-15-7-5-14-11-19(26-27(23,24)25)18(22)12-21(14,3)17(15)9-10-20(13,16)2/h13-17,22H,4-12H2,1-3H3,(H,23,24,25)/t13-,14+,15-,16+,17+,20+,21-/m0/s1. The molecule has 0 aromatic heterocycles. The molecule has 0 amide bonds. The molecule has 0 aromatic rings. The molecule has 6 heteroatoms. The van der Waals surface area contributed by atoms with E-state index >= 15 is 0 Å². The van der Waals surface area contributed by atoms with Crippen LogP contribution in [0.25, 0.3) is 0 Å². The van der Waals surface area contributed by atoms with Crippen LogP contribution in [0.4, 0.5) is 0 Å². The molecule has 0 bridgehead atoms. The Morgan fingerprint density at radius 3 is 2.44 bits per heavy atom. The molecule has 4 aliphatic carbocycles. The summed E-state index contributed by atoms with van der Waals surface area (Å²) in [5.41, 5.74) is 0.468. The Hall–Kier alpha value is -0.750. The van der Waals surface area contributed by atoms with E-state index in [0.717, 1.165) is 24.2 Å². The molecule has 0 aliphatic heterocycles. The Bertz CT molecular complexity index is 744. The number of hydrogen-bond donors (Lipinski definition) is 2. The van der Waals surface area contributed by atoms with Crippen molar-refractivity contribution in [3.8, 4) is 0 Å². The molecule has 7 atom stereocenters. The van der Waals surface area contributed by atoms with Gasteiger partial charge in [-0.05, 0) is 78.9 Å². The minimum Gasteiger partial charge on any atom is -0.509 e. The third-order valence-corrected chi connectivity index (χ3v) is 9.67. The van der Waals surface area contributed by atoms with Crippen LogP contribution >= 0.6 is 0 Å². The second kappa shape index (κ2) is 6.38. The van der Waals surface area contributed by atoms with E-state index in [1.807, 2.05) is 0 Å². The summed E-state index contributed by atoms with van der Waals surface area (Å²) >= 11 is 0. The van der Waals surface area contributed by atoms with Crippen LogP contribution in [0.15, 0.2) is 11.5 Å². The van der Waals surface area contributed by atoms with Crippen molar-refractivity contribution in [2.75, 3.05) is 0 Å². The van der Waals surface area contributed by atoms with Gasteiger partial charge >= 0.3 is 10.4 Å². The summed E-state index contributed by atoms with van der Waals surface area (Å²) in [6, 6.07) is 0. The van der Waals surface area contributed by atoms with E-state index in [2.05, 4.69) is 20.8 Å². The molecular formula is C21H34O5S. The Labute approximate surface area is 163 Å². The van der Waals surface area contributed by atoms with Crippen molar-refractivity contribution in [1.29, 1.82) is 0 Å². The summed E-state index contributed by atoms with van der Waals surface area (Å²) in [4.78, 5) is 0. The zero-order valence-corrected chi connectivity index (χ0v) is 17.6. The van der Waals surface area contributed by atoms with Gasteiger partial charge in [-0.1, -0.05) is 27.2 Å². The highest BCUT2D eigenvalue weighted by Gasteiger charge is 2.60. The molecule has 0 unspecified atom stereocenters. The molecule has 27 heavy (non-hydrogen) atoms. The van der Waals surface area contributed by atoms with Crippen LogP contribution in [-0.2, 0) is 14.6 Å². The molecular weight excluding hydrogens is 364 g/mol. The first-order valence-electron chi connectivity index (χ1n) is 10.7. The normalized spacial score (nSPS) is 47.2. The van der Waals surface area contributed by atoms with Crippen molar-refractivity contribution in [3.63, 3.8) is 0 Å². The molecule has 5 nitrogen and oxygen atoms in total. The maximum atomic E-state index is 11.1. The summed E-state index contributed by atoms with van der Waals surface area (Å²) in [6.45, 7) is 7.16. The maximum Gasteiger partial charge on any atom is 0.446 e. The monoisotopic (exact) mass is 398 g/mol. The molecule has 0 saturated heterocycles. The van der Waals surface area contributed by atoms with Gasteiger partial charge in [-0.15, -0.1) is 0 Å². The largest absolute Gasteiger partial charge is 0.509 e. The topological polar surface area (TPSA) is 83.8 Å². The van der Waals surface area contributed by atoms with E-state index < -0.39 is 10.4 Å². The van der Waals surface area contributed by atoms with Crippen molar-refractivity contribution in [1.82, 2.24) is 0 Å². The van der Waals surface area contributed by atoms with Crippen molar-refractivity contribution in [2.24, 2.45) is 40.4 Å². The van der Waals surface area contributed by atoms with Gasteiger partial charge in [-0.3, -0.25) is 4.55 Å². The molecule has 3 fully saturated rings. The van der Waals surface area contributed by atoms with Gasteiger partial charge in [0.25, 0.3) is 0 Å². The summed E-state index contributed by atoms with van der Waals surface area (Å²) < 4.78 is 36.0. The molecule has 4 rings (SSSR count). The van der Waals surface area contributed by atoms with Crippen LogP contribution in [0.3, 0.4) is 0 Å². The lowest BCUT2D eigenvalue weighted by atomic mass is 9.45. The molecule has 0 spiro atoms. The molecule has 0 radical (unpaired) electrons. The third-order valence-electron chi connectivity index (χ3n) is 9.26. The van der Waals surface area contributed by atoms with Crippen molar-refractivity contribution >= 4 is 10.4 Å². The van der Waals surface area contributed by atoms with Crippen LogP contribution in [-0.4, -0.2) is 18.1 Å². The second-order valence-electron chi connectivity index (χ2n) is 10.1. The van der Waals surface area contributed by atoms with Gasteiger partial charge in [-0.2, -0.15) is 8.42 Å². The molecule has 154 valence electrons. The lowest BCUT2D eigenvalue weighted by Crippen LogP contribution is -2.53. The summed E-state index contributed by atoms with van der Waals surface area (Å²) in [7, 11) is -4.58. The minimum atomic E-state index is -4.58. The van der Waals surface area contributed by atoms with Gasteiger partial charge in [0.05, 0.1) is 0 Å². The highest BCUT2D eigenvalue weighted by atomic mass is 32.3. The highest BCUT2D eigenvalue weighted by Crippen LogP contribution is 2.68. The molecule has 3 saturated carbocycles. The second-order valence-corrected chi connectivity index (χ2v) is 11.2. The van der Waals surface area contributed by atoms with Crippen LogP contribution in [0.1, 0.15) is 78.6 Å². The fourth-order valence-corrected chi connectivity index (χ4v) is 8.35. The van der Waals surface area contributed by atoms with E-state index in [1.54, 1.807) is 0 Å². The summed E-state index contributed by atoms with van der Waals surface area (Å²) in [6.07, 6.45) is 9.59. The number of hydrogen-bond acceptors (Lipinski definition) is 4. The first-order chi connectivity index (χ1) is 12.6. The lowest BCUT2D eigenvalue weighted by Gasteiger charge is -2.60. The van der Waals surface area contributed by atoms with Gasteiger partial charge in [-0.25, -0.2) is 0 Å². The van der Waals surface area contributed by atoms with Gasteiger partial charge in [0.15, 0.2) is 5.76 Å². The van der Waals surface area contributed by atoms with Gasteiger partial charge in [0, 0.05) is 12.8 Å². The molecule has 0 heterocycles. The van der Waals surface area contributed by atoms with Gasteiger partial charge in [0.2, 0.25) is 0 Å². The van der Waals surface area contributed by atoms with Crippen LogP contribution in [0, 0.1) is 40.4 Å². The Balaban J connectivity index is 1.61. The van der Waals surface area contributed by atoms with Crippen molar-refractivity contribution in [3.05, 3.63) is 11.5 Å². The van der Waals surface area contributed by atoms with Gasteiger partial charge in [0.1, 0.15) is 5.76 Å². The number of allylic oxidation sites excluding steroid dienone is 2. The highest BCUT2D eigenvalue weighted by molar-refractivity contribution is 7.81.